The van der Waals surface area contributed by atoms with E-state index in [2.05, 4.69) is 10.6 Å². The van der Waals surface area contributed by atoms with Crippen molar-refractivity contribution in [2.75, 3.05) is 23.8 Å². The standard InChI is InChI=1S/C17H14N2O4/c20-16-9-23-15-4-2-12(8-13(15)19-16)18-17(21)11-1-3-14-10(7-11)5-6-22-14/h1-4,7-8H,5-6,9H2,(H,18,21)(H,19,20). The first-order chi connectivity index (χ1) is 11.2. The first kappa shape index (κ1) is 13.6. The monoisotopic (exact) mass is 310 g/mol. The Balaban J connectivity index is 1.55. The molecule has 2 heterocycles. The third-order valence-corrected chi connectivity index (χ3v) is 3.82. The first-order valence-corrected chi connectivity index (χ1v) is 7.33. The van der Waals surface area contributed by atoms with E-state index in [-0.39, 0.29) is 18.4 Å². The zero-order valence-corrected chi connectivity index (χ0v) is 12.2. The number of hydrogen-bond acceptors (Lipinski definition) is 4. The molecule has 2 amide bonds. The predicted molar refractivity (Wildman–Crippen MR) is 84.2 cm³/mol. The maximum absolute atomic E-state index is 12.4. The van der Waals surface area contributed by atoms with E-state index in [4.69, 9.17) is 9.47 Å². The molecule has 0 fully saturated rings. The molecule has 0 atom stereocenters. The van der Waals surface area contributed by atoms with Gasteiger partial charge in [-0.15, -0.1) is 0 Å². The second-order valence-electron chi connectivity index (χ2n) is 5.42. The lowest BCUT2D eigenvalue weighted by Gasteiger charge is -2.18. The lowest BCUT2D eigenvalue weighted by Crippen LogP contribution is -2.25. The molecule has 2 aromatic carbocycles. The fourth-order valence-corrected chi connectivity index (χ4v) is 2.69. The number of ether oxygens (including phenoxy) is 2. The van der Waals surface area contributed by atoms with Gasteiger partial charge < -0.3 is 20.1 Å². The Labute approximate surface area is 132 Å². The number of nitrogens with one attached hydrogen (secondary N) is 2. The van der Waals surface area contributed by atoms with Crippen LogP contribution in [0.2, 0.25) is 0 Å². The summed E-state index contributed by atoms with van der Waals surface area (Å²) in [4.78, 5) is 23.7. The van der Waals surface area contributed by atoms with Crippen LogP contribution < -0.4 is 20.1 Å². The van der Waals surface area contributed by atoms with Gasteiger partial charge in [-0.3, -0.25) is 9.59 Å². The van der Waals surface area contributed by atoms with Gasteiger partial charge in [-0.25, -0.2) is 0 Å². The smallest absolute Gasteiger partial charge is 0.262 e. The van der Waals surface area contributed by atoms with Crippen molar-refractivity contribution < 1.29 is 19.1 Å². The zero-order valence-electron chi connectivity index (χ0n) is 12.2. The van der Waals surface area contributed by atoms with Crippen molar-refractivity contribution in [2.24, 2.45) is 0 Å². The van der Waals surface area contributed by atoms with Crippen LogP contribution in [0.15, 0.2) is 36.4 Å². The molecule has 2 aromatic rings. The molecule has 2 N–H and O–H groups in total. The van der Waals surface area contributed by atoms with E-state index in [0.29, 0.717) is 29.3 Å². The van der Waals surface area contributed by atoms with Gasteiger partial charge in [-0.05, 0) is 42.0 Å². The second-order valence-corrected chi connectivity index (χ2v) is 5.42. The molecule has 0 bridgehead atoms. The van der Waals surface area contributed by atoms with E-state index in [1.807, 2.05) is 12.1 Å². The summed E-state index contributed by atoms with van der Waals surface area (Å²) in [6.07, 6.45) is 0.818. The maximum Gasteiger partial charge on any atom is 0.262 e. The quantitative estimate of drug-likeness (QED) is 0.891. The van der Waals surface area contributed by atoms with E-state index in [1.54, 1.807) is 24.3 Å². The molecule has 2 aliphatic heterocycles. The van der Waals surface area contributed by atoms with Gasteiger partial charge in [-0.2, -0.15) is 0 Å². The van der Waals surface area contributed by atoms with Crippen LogP contribution in [0.4, 0.5) is 11.4 Å². The number of fused-ring (bicyclic) bond motifs is 2. The van der Waals surface area contributed by atoms with Crippen LogP contribution in [0.1, 0.15) is 15.9 Å². The molecule has 6 nitrogen and oxygen atoms in total. The van der Waals surface area contributed by atoms with Gasteiger partial charge >= 0.3 is 0 Å². The third-order valence-electron chi connectivity index (χ3n) is 3.82. The average molecular weight is 310 g/mol. The van der Waals surface area contributed by atoms with Crippen LogP contribution in [0.3, 0.4) is 0 Å². The summed E-state index contributed by atoms with van der Waals surface area (Å²) in [6, 6.07) is 10.5. The van der Waals surface area contributed by atoms with Crippen molar-refractivity contribution >= 4 is 23.2 Å². The van der Waals surface area contributed by atoms with Crippen LogP contribution in [0.5, 0.6) is 11.5 Å². The van der Waals surface area contributed by atoms with Crippen molar-refractivity contribution in [2.45, 2.75) is 6.42 Å². The average Bonchev–Trinajstić information content (AvgIpc) is 3.02. The van der Waals surface area contributed by atoms with Crippen molar-refractivity contribution in [3.8, 4) is 11.5 Å². The van der Waals surface area contributed by atoms with E-state index >= 15 is 0 Å². The Kier molecular flexibility index (Phi) is 3.15. The fourth-order valence-electron chi connectivity index (χ4n) is 2.69. The largest absolute Gasteiger partial charge is 0.493 e. The van der Waals surface area contributed by atoms with Crippen molar-refractivity contribution in [3.63, 3.8) is 0 Å². The summed E-state index contributed by atoms with van der Waals surface area (Å²) in [5.41, 5.74) is 2.77. The molecule has 4 rings (SSSR count). The highest BCUT2D eigenvalue weighted by molar-refractivity contribution is 6.05. The Hall–Kier alpha value is -3.02. The summed E-state index contributed by atoms with van der Waals surface area (Å²) in [7, 11) is 0. The van der Waals surface area contributed by atoms with E-state index < -0.39 is 0 Å². The maximum atomic E-state index is 12.4. The number of hydrogen-bond donors (Lipinski definition) is 2. The fraction of sp³-hybridized carbons (Fsp3) is 0.176. The van der Waals surface area contributed by atoms with Gasteiger partial charge in [0.05, 0.1) is 12.3 Å². The second kappa shape index (κ2) is 5.31. The molecule has 0 aliphatic carbocycles. The van der Waals surface area contributed by atoms with Gasteiger partial charge in [0.2, 0.25) is 0 Å². The van der Waals surface area contributed by atoms with Gasteiger partial charge in [0.25, 0.3) is 11.8 Å². The molecular formula is C17H14N2O4. The molecule has 116 valence electrons. The van der Waals surface area contributed by atoms with Gasteiger partial charge in [0.1, 0.15) is 11.5 Å². The number of rotatable bonds is 2. The lowest BCUT2D eigenvalue weighted by atomic mass is 10.1. The van der Waals surface area contributed by atoms with E-state index in [9.17, 15) is 9.59 Å². The van der Waals surface area contributed by atoms with Crippen LogP contribution >= 0.6 is 0 Å². The first-order valence-electron chi connectivity index (χ1n) is 7.33. The summed E-state index contributed by atoms with van der Waals surface area (Å²) >= 11 is 0. The molecular weight excluding hydrogens is 296 g/mol. The van der Waals surface area contributed by atoms with Crippen LogP contribution in [0, 0.1) is 0 Å². The molecule has 6 heteroatoms. The molecule has 23 heavy (non-hydrogen) atoms. The predicted octanol–water partition coefficient (Wildman–Crippen LogP) is 2.20. The van der Waals surface area contributed by atoms with Crippen LogP contribution in [-0.2, 0) is 11.2 Å². The SMILES string of the molecule is O=C1COc2ccc(NC(=O)c3ccc4c(c3)CCO4)cc2N1. The molecule has 2 aliphatic rings. The number of benzene rings is 2. The summed E-state index contributed by atoms with van der Waals surface area (Å²) < 4.78 is 10.7. The lowest BCUT2D eigenvalue weighted by molar-refractivity contribution is -0.118. The minimum atomic E-state index is -0.209. The van der Waals surface area contributed by atoms with Gasteiger partial charge in [-0.1, -0.05) is 0 Å². The number of anilines is 2. The van der Waals surface area contributed by atoms with Crippen molar-refractivity contribution in [3.05, 3.63) is 47.5 Å². The van der Waals surface area contributed by atoms with E-state index in [0.717, 1.165) is 17.7 Å². The third kappa shape index (κ3) is 2.59. The van der Waals surface area contributed by atoms with Crippen LogP contribution in [0.25, 0.3) is 0 Å². The summed E-state index contributed by atoms with van der Waals surface area (Å²) in [5.74, 6) is 1.02. The molecule has 0 aromatic heterocycles. The molecule has 0 spiro atoms. The highest BCUT2D eigenvalue weighted by atomic mass is 16.5. The topological polar surface area (TPSA) is 76.7 Å². The number of carbonyl (C=O) groups excluding carboxylic acids is 2. The van der Waals surface area contributed by atoms with Crippen LogP contribution in [-0.4, -0.2) is 25.0 Å². The van der Waals surface area contributed by atoms with Crippen molar-refractivity contribution in [1.82, 2.24) is 0 Å². The highest BCUT2D eigenvalue weighted by Gasteiger charge is 2.18. The minimum absolute atomic E-state index is 0.00982. The Morgan fingerprint density at radius 3 is 2.87 bits per heavy atom. The molecule has 0 saturated heterocycles. The zero-order chi connectivity index (χ0) is 15.8. The Morgan fingerprint density at radius 2 is 1.96 bits per heavy atom. The summed E-state index contributed by atoms with van der Waals surface area (Å²) in [5, 5.41) is 5.54. The normalized spacial score (nSPS) is 14.9. The van der Waals surface area contributed by atoms with E-state index in [1.165, 1.54) is 0 Å². The molecule has 0 unspecified atom stereocenters. The minimum Gasteiger partial charge on any atom is -0.493 e. The summed E-state index contributed by atoms with van der Waals surface area (Å²) in [6.45, 7) is 0.667. The van der Waals surface area contributed by atoms with Gasteiger partial charge in [0.15, 0.2) is 6.61 Å². The molecule has 0 radical (unpaired) electrons. The Morgan fingerprint density at radius 1 is 1.09 bits per heavy atom. The highest BCUT2D eigenvalue weighted by Crippen LogP contribution is 2.31. The van der Waals surface area contributed by atoms with Gasteiger partial charge in [0, 0.05) is 17.7 Å². The molecule has 0 saturated carbocycles. The number of amides is 2. The Bertz CT molecular complexity index is 816. The number of carbonyl (C=O) groups is 2. The van der Waals surface area contributed by atoms with Crippen molar-refractivity contribution in [1.29, 1.82) is 0 Å².